The van der Waals surface area contributed by atoms with E-state index in [1.165, 1.54) is 80.6 Å². The van der Waals surface area contributed by atoms with Crippen molar-refractivity contribution in [3.63, 3.8) is 0 Å². The second-order valence-electron chi connectivity index (χ2n) is 15.6. The van der Waals surface area contributed by atoms with Gasteiger partial charge in [-0.1, -0.05) is 176 Å². The topological polar surface area (TPSA) is 8.17 Å². The number of rotatable bonds is 7. The molecule has 0 aliphatic carbocycles. The molecule has 12 rings (SSSR count). The summed E-state index contributed by atoms with van der Waals surface area (Å²) in [5.74, 6) is 0. The lowest BCUT2D eigenvalue weighted by atomic mass is 9.90. The molecule has 0 amide bonds. The van der Waals surface area contributed by atoms with Gasteiger partial charge in [0.1, 0.15) is 0 Å². The van der Waals surface area contributed by atoms with Crippen molar-refractivity contribution in [1.82, 2.24) is 4.57 Å². The molecule has 3 heteroatoms. The number of fused-ring (bicyclic) bond motifs is 7. The molecule has 0 aliphatic rings. The van der Waals surface area contributed by atoms with Gasteiger partial charge in [0.05, 0.1) is 16.7 Å². The lowest BCUT2D eigenvalue weighted by molar-refractivity contribution is 1.18. The van der Waals surface area contributed by atoms with Crippen LogP contribution in [0.15, 0.2) is 231 Å². The van der Waals surface area contributed by atoms with Gasteiger partial charge in [0.2, 0.25) is 0 Å². The first kappa shape index (κ1) is 35.2. The number of hydrogen-bond acceptors (Lipinski definition) is 2. The van der Waals surface area contributed by atoms with Crippen LogP contribution >= 0.6 is 11.3 Å². The van der Waals surface area contributed by atoms with Crippen LogP contribution in [0.4, 0.5) is 17.1 Å². The van der Waals surface area contributed by atoms with Crippen molar-refractivity contribution < 1.29 is 0 Å². The lowest BCUT2D eigenvalue weighted by Gasteiger charge is -2.29. The molecule has 2 heterocycles. The Morgan fingerprint density at radius 3 is 1.79 bits per heavy atom. The lowest BCUT2D eigenvalue weighted by Crippen LogP contribution is -2.11. The number of para-hydroxylation sites is 3. The molecule has 2 nitrogen and oxygen atoms in total. The van der Waals surface area contributed by atoms with Gasteiger partial charge in [0, 0.05) is 53.6 Å². The van der Waals surface area contributed by atoms with Crippen LogP contribution in [0, 0.1) is 0 Å². The first-order chi connectivity index (χ1) is 30.3. The number of aromatic nitrogens is 1. The van der Waals surface area contributed by atoms with E-state index < -0.39 is 0 Å². The van der Waals surface area contributed by atoms with E-state index in [1.807, 2.05) is 11.3 Å². The van der Waals surface area contributed by atoms with Gasteiger partial charge in [-0.15, -0.1) is 11.3 Å². The third kappa shape index (κ3) is 5.85. The molecule has 286 valence electrons. The van der Waals surface area contributed by atoms with Crippen molar-refractivity contribution in [1.29, 1.82) is 0 Å². The van der Waals surface area contributed by atoms with Gasteiger partial charge in [-0.2, -0.15) is 0 Å². The average Bonchev–Trinajstić information content (AvgIpc) is 3.88. The zero-order chi connectivity index (χ0) is 40.3. The van der Waals surface area contributed by atoms with E-state index in [0.29, 0.717) is 0 Å². The normalized spacial score (nSPS) is 11.6. The highest BCUT2D eigenvalue weighted by atomic mass is 32.1. The Labute approximate surface area is 358 Å². The van der Waals surface area contributed by atoms with Gasteiger partial charge >= 0.3 is 0 Å². The number of hydrogen-bond donors (Lipinski definition) is 0. The Hall–Kier alpha value is -7.72. The van der Waals surface area contributed by atoms with Gasteiger partial charge in [0.15, 0.2) is 0 Å². The quantitative estimate of drug-likeness (QED) is 0.156. The molecule has 0 saturated heterocycles. The van der Waals surface area contributed by atoms with E-state index in [0.717, 1.165) is 28.3 Å². The van der Waals surface area contributed by atoms with Crippen molar-refractivity contribution in [3.8, 4) is 39.1 Å². The summed E-state index contributed by atoms with van der Waals surface area (Å²) in [5.41, 5.74) is 14.0. The minimum atomic E-state index is 1.09. The van der Waals surface area contributed by atoms with Gasteiger partial charge in [0.25, 0.3) is 0 Å². The third-order valence-electron chi connectivity index (χ3n) is 12.2. The summed E-state index contributed by atoms with van der Waals surface area (Å²) in [7, 11) is 0. The second kappa shape index (κ2) is 14.5. The van der Waals surface area contributed by atoms with E-state index in [2.05, 4.69) is 240 Å². The van der Waals surface area contributed by atoms with E-state index >= 15 is 0 Å². The second-order valence-corrected chi connectivity index (χ2v) is 16.7. The first-order valence-electron chi connectivity index (χ1n) is 20.8. The van der Waals surface area contributed by atoms with E-state index in [-0.39, 0.29) is 0 Å². The Bertz CT molecular complexity index is 3580. The molecule has 61 heavy (non-hydrogen) atoms. The molecule has 0 bridgehead atoms. The standard InChI is InChI=1S/C58H38N2S/c1-3-16-39(17-4-1)45-25-13-18-41-19-14-27-51(57(41)45)48-23-8-10-29-53(48)59(43-34-32-40(33-35-43)46-26-15-28-52-50-24-9-12-31-56(50)61-58(46)52)44-36-37-49-47-22-7-11-30-54(47)60(55(49)38-44)42-20-5-2-6-21-42/h1-38H. The van der Waals surface area contributed by atoms with Crippen LogP contribution in [0.5, 0.6) is 0 Å². The fourth-order valence-electron chi connectivity index (χ4n) is 9.47. The Morgan fingerprint density at radius 1 is 0.361 bits per heavy atom. The van der Waals surface area contributed by atoms with E-state index in [9.17, 15) is 0 Å². The monoisotopic (exact) mass is 794 g/mol. The van der Waals surface area contributed by atoms with Crippen molar-refractivity contribution in [2.75, 3.05) is 4.90 Å². The summed E-state index contributed by atoms with van der Waals surface area (Å²) < 4.78 is 5.05. The van der Waals surface area contributed by atoms with Gasteiger partial charge in [-0.3, -0.25) is 0 Å². The Morgan fingerprint density at radius 2 is 0.951 bits per heavy atom. The molecule has 0 fully saturated rings. The SMILES string of the molecule is c1ccc(-c2cccc3cccc(-c4ccccc4N(c4ccc(-c5cccc6c5sc5ccccc56)cc4)c4ccc5c6ccccc6n(-c6ccccc6)c5c4)c23)cc1. The zero-order valence-electron chi connectivity index (χ0n) is 33.2. The van der Waals surface area contributed by atoms with Gasteiger partial charge in [-0.25, -0.2) is 0 Å². The van der Waals surface area contributed by atoms with Crippen LogP contribution in [0.3, 0.4) is 0 Å². The maximum atomic E-state index is 2.45. The first-order valence-corrected chi connectivity index (χ1v) is 21.7. The average molecular weight is 795 g/mol. The summed E-state index contributed by atoms with van der Waals surface area (Å²) in [6, 6.07) is 84.2. The minimum absolute atomic E-state index is 1.09. The van der Waals surface area contributed by atoms with Crippen LogP contribution in [0.1, 0.15) is 0 Å². The minimum Gasteiger partial charge on any atom is -0.310 e. The van der Waals surface area contributed by atoms with Crippen LogP contribution < -0.4 is 4.90 Å². The summed E-state index contributed by atoms with van der Waals surface area (Å²) in [5, 5.41) is 7.55. The van der Waals surface area contributed by atoms with E-state index in [1.54, 1.807) is 0 Å². The Kier molecular flexibility index (Phi) is 8.39. The molecule has 0 radical (unpaired) electrons. The van der Waals surface area contributed by atoms with Gasteiger partial charge in [-0.05, 0) is 93.2 Å². The predicted octanol–water partition coefficient (Wildman–Crippen LogP) is 16.8. The number of anilines is 3. The molecule has 0 saturated carbocycles. The molecular formula is C58H38N2S. The molecule has 12 aromatic rings. The predicted molar refractivity (Wildman–Crippen MR) is 262 cm³/mol. The number of benzene rings is 10. The number of thiophene rings is 1. The Balaban J connectivity index is 1.09. The van der Waals surface area contributed by atoms with Crippen LogP contribution in [-0.2, 0) is 0 Å². The van der Waals surface area contributed by atoms with Crippen molar-refractivity contribution in [2.24, 2.45) is 0 Å². The summed E-state index contributed by atoms with van der Waals surface area (Å²) in [6.45, 7) is 0. The van der Waals surface area contributed by atoms with Crippen molar-refractivity contribution >= 4 is 81.1 Å². The molecule has 0 unspecified atom stereocenters. The molecule has 0 spiro atoms. The van der Waals surface area contributed by atoms with Crippen LogP contribution in [-0.4, -0.2) is 4.57 Å². The van der Waals surface area contributed by atoms with Crippen LogP contribution in [0.2, 0.25) is 0 Å². The fraction of sp³-hybridized carbons (Fsp3) is 0. The van der Waals surface area contributed by atoms with Crippen molar-refractivity contribution in [3.05, 3.63) is 231 Å². The highest BCUT2D eigenvalue weighted by Gasteiger charge is 2.22. The largest absolute Gasteiger partial charge is 0.310 e. The maximum Gasteiger partial charge on any atom is 0.0561 e. The molecular weight excluding hydrogens is 757 g/mol. The van der Waals surface area contributed by atoms with Crippen molar-refractivity contribution in [2.45, 2.75) is 0 Å². The highest BCUT2D eigenvalue weighted by molar-refractivity contribution is 7.26. The third-order valence-corrected chi connectivity index (χ3v) is 13.4. The molecule has 0 atom stereocenters. The summed E-state index contributed by atoms with van der Waals surface area (Å²) in [6.07, 6.45) is 0. The molecule has 0 N–H and O–H groups in total. The molecule has 0 aliphatic heterocycles. The smallest absolute Gasteiger partial charge is 0.0561 e. The molecule has 2 aromatic heterocycles. The van der Waals surface area contributed by atoms with Crippen LogP contribution in [0.25, 0.3) is 91.8 Å². The van der Waals surface area contributed by atoms with Gasteiger partial charge < -0.3 is 9.47 Å². The highest BCUT2D eigenvalue weighted by Crippen LogP contribution is 2.47. The maximum absolute atomic E-state index is 2.45. The summed E-state index contributed by atoms with van der Waals surface area (Å²) in [4.78, 5) is 2.45. The summed E-state index contributed by atoms with van der Waals surface area (Å²) >= 11 is 1.88. The molecule has 10 aromatic carbocycles. The fourth-order valence-corrected chi connectivity index (χ4v) is 10.7. The zero-order valence-corrected chi connectivity index (χ0v) is 34.1. The number of nitrogens with zero attached hydrogens (tertiary/aromatic N) is 2. The van der Waals surface area contributed by atoms with E-state index in [4.69, 9.17) is 0 Å².